The monoisotopic (exact) mass is 350 g/mol. The van der Waals surface area contributed by atoms with E-state index in [4.69, 9.17) is 0 Å². The fraction of sp³-hybridized carbons (Fsp3) is 0.250. The molecule has 0 unspecified atom stereocenters. The molecule has 8 heteroatoms. The first-order chi connectivity index (χ1) is 10.8. The molecule has 2 N–H and O–H groups in total. The van der Waals surface area contributed by atoms with Crippen molar-refractivity contribution in [2.75, 3.05) is 0 Å². The summed E-state index contributed by atoms with van der Waals surface area (Å²) in [7, 11) is 0. The summed E-state index contributed by atoms with van der Waals surface area (Å²) in [5.41, 5.74) is -5.07. The molecule has 0 aliphatic carbocycles. The minimum atomic E-state index is -5.01. The molecule has 130 valence electrons. The first-order valence-corrected chi connectivity index (χ1v) is 6.64. The molecule has 0 saturated carbocycles. The van der Waals surface area contributed by atoms with Crippen LogP contribution in [0, 0.1) is 13.8 Å². The van der Waals surface area contributed by atoms with Crippen LogP contribution in [0.4, 0.5) is 26.3 Å². The Morgan fingerprint density at radius 1 is 0.625 bits per heavy atom. The van der Waals surface area contributed by atoms with E-state index in [1.165, 1.54) is 13.8 Å². The molecule has 0 aromatic heterocycles. The van der Waals surface area contributed by atoms with Crippen LogP contribution in [0.15, 0.2) is 24.3 Å². The molecule has 0 amide bonds. The van der Waals surface area contributed by atoms with Gasteiger partial charge in [-0.15, -0.1) is 0 Å². The highest BCUT2D eigenvalue weighted by Crippen LogP contribution is 2.50. The Balaban J connectivity index is 2.98. The number of benzene rings is 2. The molecular weight excluding hydrogens is 338 g/mol. The third-order valence-corrected chi connectivity index (χ3v) is 3.38. The lowest BCUT2D eigenvalue weighted by atomic mass is 9.90. The van der Waals surface area contributed by atoms with Crippen LogP contribution in [0.5, 0.6) is 11.5 Å². The molecule has 0 bridgehead atoms. The Hall–Kier alpha value is -2.38. The smallest absolute Gasteiger partial charge is 0.417 e. The van der Waals surface area contributed by atoms with Gasteiger partial charge in [0.15, 0.2) is 0 Å². The van der Waals surface area contributed by atoms with Gasteiger partial charge in [0.05, 0.1) is 11.1 Å². The molecule has 24 heavy (non-hydrogen) atoms. The van der Waals surface area contributed by atoms with Crippen molar-refractivity contribution in [3.63, 3.8) is 0 Å². The van der Waals surface area contributed by atoms with Gasteiger partial charge in [0.2, 0.25) is 0 Å². The van der Waals surface area contributed by atoms with E-state index in [1.807, 2.05) is 0 Å². The van der Waals surface area contributed by atoms with Crippen LogP contribution in [0.25, 0.3) is 11.1 Å². The zero-order valence-corrected chi connectivity index (χ0v) is 12.5. The topological polar surface area (TPSA) is 40.5 Å². The zero-order valence-electron chi connectivity index (χ0n) is 12.5. The van der Waals surface area contributed by atoms with Crippen LogP contribution >= 0.6 is 0 Å². The highest BCUT2D eigenvalue weighted by molar-refractivity contribution is 5.82. The molecule has 2 nitrogen and oxygen atoms in total. The number of aromatic hydroxyl groups is 2. The second-order valence-corrected chi connectivity index (χ2v) is 5.41. The Kier molecular flexibility index (Phi) is 4.20. The molecule has 0 atom stereocenters. The molecule has 2 aromatic carbocycles. The van der Waals surface area contributed by atoms with Crippen LogP contribution in [-0.4, -0.2) is 10.2 Å². The molecular formula is C16H12F6O2. The number of halogens is 6. The molecule has 0 spiro atoms. The lowest BCUT2D eigenvalue weighted by Gasteiger charge is -2.20. The molecule has 0 heterocycles. The van der Waals surface area contributed by atoms with Gasteiger partial charge in [-0.05, 0) is 49.2 Å². The average Bonchev–Trinajstić information content (AvgIpc) is 2.36. The summed E-state index contributed by atoms with van der Waals surface area (Å²) in [5, 5.41) is 19.8. The number of phenolic OH excluding ortho intramolecular Hbond substituents is 2. The van der Waals surface area contributed by atoms with Gasteiger partial charge in [0, 0.05) is 11.1 Å². The third-order valence-electron chi connectivity index (χ3n) is 3.38. The SMILES string of the molecule is Cc1cc(O)c(-c2c(O)cc(C)cc2C(F)(F)F)c(C(F)(F)F)c1. The number of hydrogen-bond acceptors (Lipinski definition) is 2. The fourth-order valence-electron chi connectivity index (χ4n) is 2.51. The normalized spacial score (nSPS) is 12.5. The maximum atomic E-state index is 13.3. The van der Waals surface area contributed by atoms with Crippen molar-refractivity contribution >= 4 is 0 Å². The standard InChI is InChI=1S/C16H12F6O2/c1-7-3-9(15(17,18)19)13(11(23)5-7)14-10(16(20,21)22)4-8(2)6-12(14)24/h3-6,23-24H,1-2H3. The van der Waals surface area contributed by atoms with Gasteiger partial charge in [-0.25, -0.2) is 0 Å². The summed E-state index contributed by atoms with van der Waals surface area (Å²) in [6.07, 6.45) is -10.0. The van der Waals surface area contributed by atoms with E-state index in [0.29, 0.717) is 12.1 Å². The second kappa shape index (κ2) is 5.61. The molecule has 0 fully saturated rings. The molecule has 0 saturated heterocycles. The summed E-state index contributed by atoms with van der Waals surface area (Å²) in [5.74, 6) is -1.99. The number of phenols is 2. The fourth-order valence-corrected chi connectivity index (χ4v) is 2.51. The summed E-state index contributed by atoms with van der Waals surface area (Å²) >= 11 is 0. The van der Waals surface area contributed by atoms with Crippen molar-refractivity contribution in [1.82, 2.24) is 0 Å². The minimum absolute atomic E-state index is 0.0173. The number of rotatable bonds is 1. The predicted molar refractivity (Wildman–Crippen MR) is 74.7 cm³/mol. The quantitative estimate of drug-likeness (QED) is 0.674. The van der Waals surface area contributed by atoms with E-state index in [0.717, 1.165) is 12.1 Å². The highest BCUT2D eigenvalue weighted by Gasteiger charge is 2.41. The highest BCUT2D eigenvalue weighted by atomic mass is 19.4. The van der Waals surface area contributed by atoms with Crippen molar-refractivity contribution in [2.45, 2.75) is 26.2 Å². The van der Waals surface area contributed by atoms with Crippen LogP contribution in [0.1, 0.15) is 22.3 Å². The van der Waals surface area contributed by atoms with Gasteiger partial charge in [-0.1, -0.05) is 0 Å². The van der Waals surface area contributed by atoms with Crippen molar-refractivity contribution in [2.24, 2.45) is 0 Å². The minimum Gasteiger partial charge on any atom is -0.507 e. The summed E-state index contributed by atoms with van der Waals surface area (Å²) < 4.78 is 79.6. The van der Waals surface area contributed by atoms with Crippen LogP contribution in [0.3, 0.4) is 0 Å². The van der Waals surface area contributed by atoms with Crippen molar-refractivity contribution < 1.29 is 36.6 Å². The first-order valence-electron chi connectivity index (χ1n) is 6.64. The van der Waals surface area contributed by atoms with Gasteiger partial charge in [-0.2, -0.15) is 26.3 Å². The molecule has 0 radical (unpaired) electrons. The molecule has 0 aliphatic rings. The molecule has 2 aromatic rings. The molecule has 2 rings (SSSR count). The van der Waals surface area contributed by atoms with Crippen molar-refractivity contribution in [3.05, 3.63) is 46.5 Å². The Morgan fingerprint density at radius 3 is 1.17 bits per heavy atom. The summed E-state index contributed by atoms with van der Waals surface area (Å²) in [6, 6.07) is 3.05. The zero-order chi connectivity index (χ0) is 18.4. The third kappa shape index (κ3) is 3.27. The first kappa shape index (κ1) is 18.0. The van der Waals surface area contributed by atoms with Crippen molar-refractivity contribution in [1.29, 1.82) is 0 Å². The predicted octanol–water partition coefficient (Wildman–Crippen LogP) is 5.42. The summed E-state index contributed by atoms with van der Waals surface area (Å²) in [4.78, 5) is 0. The maximum absolute atomic E-state index is 13.3. The number of alkyl halides is 6. The number of hydrogen-bond donors (Lipinski definition) is 2. The van der Waals surface area contributed by atoms with E-state index in [9.17, 15) is 36.6 Å². The van der Waals surface area contributed by atoms with Gasteiger partial charge in [0.25, 0.3) is 0 Å². The molecule has 0 aliphatic heterocycles. The van der Waals surface area contributed by atoms with E-state index >= 15 is 0 Å². The van der Waals surface area contributed by atoms with Crippen molar-refractivity contribution in [3.8, 4) is 22.6 Å². The van der Waals surface area contributed by atoms with Crippen LogP contribution in [0.2, 0.25) is 0 Å². The Labute approximate surface area is 133 Å². The summed E-state index contributed by atoms with van der Waals surface area (Å²) in [6.45, 7) is 2.52. The Morgan fingerprint density at radius 2 is 0.917 bits per heavy atom. The largest absolute Gasteiger partial charge is 0.507 e. The van der Waals surface area contributed by atoms with Gasteiger partial charge in [-0.3, -0.25) is 0 Å². The van der Waals surface area contributed by atoms with E-state index < -0.39 is 46.1 Å². The lowest BCUT2D eigenvalue weighted by Crippen LogP contribution is -2.12. The maximum Gasteiger partial charge on any atom is 0.417 e. The lowest BCUT2D eigenvalue weighted by molar-refractivity contribution is -0.139. The van der Waals surface area contributed by atoms with Crippen LogP contribution in [-0.2, 0) is 12.4 Å². The number of aryl methyl sites for hydroxylation is 2. The second-order valence-electron chi connectivity index (χ2n) is 5.41. The van der Waals surface area contributed by atoms with Crippen LogP contribution < -0.4 is 0 Å². The van der Waals surface area contributed by atoms with Gasteiger partial charge >= 0.3 is 12.4 Å². The average molecular weight is 350 g/mol. The van der Waals surface area contributed by atoms with Gasteiger partial charge < -0.3 is 10.2 Å². The van der Waals surface area contributed by atoms with E-state index in [-0.39, 0.29) is 11.1 Å². The Bertz CT molecular complexity index is 723. The van der Waals surface area contributed by atoms with E-state index in [2.05, 4.69) is 0 Å². The van der Waals surface area contributed by atoms with E-state index in [1.54, 1.807) is 0 Å². The van der Waals surface area contributed by atoms with Gasteiger partial charge in [0.1, 0.15) is 11.5 Å².